The molecule has 1 saturated heterocycles. The molecule has 1 heterocycles. The van der Waals surface area contributed by atoms with Crippen LogP contribution in [-0.4, -0.2) is 29.8 Å². The van der Waals surface area contributed by atoms with E-state index >= 15 is 0 Å². The van der Waals surface area contributed by atoms with Gasteiger partial charge in [-0.3, -0.25) is 9.59 Å². The van der Waals surface area contributed by atoms with E-state index in [-0.39, 0.29) is 12.5 Å². The fourth-order valence-corrected chi connectivity index (χ4v) is 2.15. The summed E-state index contributed by atoms with van der Waals surface area (Å²) in [6.45, 7) is 2.93. The van der Waals surface area contributed by atoms with Crippen molar-refractivity contribution in [2.45, 2.75) is 39.0 Å². The van der Waals surface area contributed by atoms with Crippen LogP contribution in [0.5, 0.6) is 0 Å². The minimum atomic E-state index is -0.419. The smallest absolute Gasteiger partial charge is 0.237 e. The summed E-state index contributed by atoms with van der Waals surface area (Å²) >= 11 is 0. The second-order valence-electron chi connectivity index (χ2n) is 4.26. The largest absolute Gasteiger partial charge is 0.368 e. The molecule has 2 N–H and O–H groups in total. The third kappa shape index (κ3) is 3.90. The third-order valence-electron chi connectivity index (χ3n) is 2.97. The van der Waals surface area contributed by atoms with Crippen LogP contribution < -0.4 is 5.73 Å². The maximum atomic E-state index is 11.6. The first-order valence-corrected chi connectivity index (χ1v) is 5.69. The van der Waals surface area contributed by atoms with Gasteiger partial charge in [0.1, 0.15) is 0 Å². The Kier molecular flexibility index (Phi) is 4.59. The van der Waals surface area contributed by atoms with Crippen molar-refractivity contribution in [3.05, 3.63) is 0 Å². The summed E-state index contributed by atoms with van der Waals surface area (Å²) in [5.74, 6) is 0.293. The van der Waals surface area contributed by atoms with Gasteiger partial charge in [0, 0.05) is 13.0 Å². The van der Waals surface area contributed by atoms with Gasteiger partial charge in [0.2, 0.25) is 11.8 Å². The van der Waals surface area contributed by atoms with E-state index in [0.717, 1.165) is 19.3 Å². The van der Waals surface area contributed by atoms with Gasteiger partial charge in [0.25, 0.3) is 0 Å². The Morgan fingerprint density at radius 3 is 2.87 bits per heavy atom. The normalized spacial score (nSPS) is 22.6. The van der Waals surface area contributed by atoms with Crippen LogP contribution in [-0.2, 0) is 9.59 Å². The molecule has 4 nitrogen and oxygen atoms in total. The monoisotopic (exact) mass is 212 g/mol. The van der Waals surface area contributed by atoms with Crippen LogP contribution in [0.4, 0.5) is 0 Å². The van der Waals surface area contributed by atoms with Crippen molar-refractivity contribution in [3.8, 4) is 0 Å². The topological polar surface area (TPSA) is 63.4 Å². The minimum absolute atomic E-state index is 0.0763. The molecule has 1 aliphatic heterocycles. The van der Waals surface area contributed by atoms with Crippen molar-refractivity contribution in [2.24, 2.45) is 11.7 Å². The van der Waals surface area contributed by atoms with E-state index in [4.69, 9.17) is 5.73 Å². The molecule has 0 aromatic rings. The Hall–Kier alpha value is -1.06. The summed E-state index contributed by atoms with van der Waals surface area (Å²) in [6.07, 6.45) is 4.87. The molecule has 4 heteroatoms. The van der Waals surface area contributed by atoms with Crippen molar-refractivity contribution < 1.29 is 9.59 Å². The highest BCUT2D eigenvalue weighted by Crippen LogP contribution is 2.22. The van der Waals surface area contributed by atoms with Gasteiger partial charge in [-0.15, -0.1) is 0 Å². The molecule has 0 saturated carbocycles. The summed E-state index contributed by atoms with van der Waals surface area (Å²) in [6, 6.07) is 0. The molecule has 0 bridgehead atoms. The average Bonchev–Trinajstić information content (AvgIpc) is 2.32. The number of nitrogens with two attached hydrogens (primary N) is 1. The van der Waals surface area contributed by atoms with Crippen molar-refractivity contribution in [2.75, 3.05) is 13.1 Å². The van der Waals surface area contributed by atoms with Crippen LogP contribution >= 0.6 is 0 Å². The molecular formula is C11H20N2O2. The molecule has 0 aromatic heterocycles. The maximum absolute atomic E-state index is 11.6. The standard InChI is InChI=1S/C11H20N2O2/c1-2-3-9-4-5-11(15)13(7-6-9)8-10(12)14/h9H,2-8H2,1H3,(H2,12,14). The Balaban J connectivity index is 2.47. The average molecular weight is 212 g/mol. The van der Waals surface area contributed by atoms with Gasteiger partial charge >= 0.3 is 0 Å². The fraction of sp³-hybridized carbons (Fsp3) is 0.818. The van der Waals surface area contributed by atoms with Gasteiger partial charge < -0.3 is 10.6 Å². The van der Waals surface area contributed by atoms with E-state index in [2.05, 4.69) is 6.92 Å². The number of primary amides is 1. The Labute approximate surface area is 90.8 Å². The van der Waals surface area contributed by atoms with Crippen LogP contribution in [0.25, 0.3) is 0 Å². The first kappa shape index (κ1) is 12.0. The molecule has 1 atom stereocenters. The Morgan fingerprint density at radius 1 is 1.53 bits per heavy atom. The lowest BCUT2D eigenvalue weighted by Gasteiger charge is -2.18. The predicted octanol–water partition coefficient (Wildman–Crippen LogP) is 0.901. The molecule has 86 valence electrons. The highest BCUT2D eigenvalue weighted by atomic mass is 16.2. The number of nitrogens with zero attached hydrogens (tertiary/aromatic N) is 1. The van der Waals surface area contributed by atoms with Crippen molar-refractivity contribution in [3.63, 3.8) is 0 Å². The number of likely N-dealkylation sites (tertiary alicyclic amines) is 1. The SMILES string of the molecule is CCCC1CCC(=O)N(CC(N)=O)CC1. The third-order valence-corrected chi connectivity index (χ3v) is 2.97. The van der Waals surface area contributed by atoms with Gasteiger partial charge in [-0.1, -0.05) is 19.8 Å². The number of hydrogen-bond donors (Lipinski definition) is 1. The molecule has 0 aliphatic carbocycles. The summed E-state index contributed by atoms with van der Waals surface area (Å²) in [5.41, 5.74) is 5.10. The Morgan fingerprint density at radius 2 is 2.27 bits per heavy atom. The first-order chi connectivity index (χ1) is 7.13. The predicted molar refractivity (Wildman–Crippen MR) is 58.0 cm³/mol. The van der Waals surface area contributed by atoms with Crippen molar-refractivity contribution >= 4 is 11.8 Å². The minimum Gasteiger partial charge on any atom is -0.368 e. The van der Waals surface area contributed by atoms with Crippen LogP contribution in [0.3, 0.4) is 0 Å². The number of carbonyl (C=O) groups excluding carboxylic acids is 2. The van der Waals surface area contributed by atoms with E-state index in [9.17, 15) is 9.59 Å². The molecule has 1 unspecified atom stereocenters. The van der Waals surface area contributed by atoms with Crippen molar-refractivity contribution in [1.82, 2.24) is 4.90 Å². The Bertz CT molecular complexity index is 241. The molecular weight excluding hydrogens is 192 g/mol. The first-order valence-electron chi connectivity index (χ1n) is 5.69. The summed E-state index contributed by atoms with van der Waals surface area (Å²) < 4.78 is 0. The molecule has 0 radical (unpaired) electrons. The molecule has 1 fully saturated rings. The molecule has 2 amide bonds. The van der Waals surface area contributed by atoms with Crippen LogP contribution in [0.2, 0.25) is 0 Å². The lowest BCUT2D eigenvalue weighted by atomic mass is 9.96. The number of hydrogen-bond acceptors (Lipinski definition) is 2. The van der Waals surface area contributed by atoms with E-state index < -0.39 is 5.91 Å². The van der Waals surface area contributed by atoms with E-state index in [1.807, 2.05) is 0 Å². The highest BCUT2D eigenvalue weighted by Gasteiger charge is 2.22. The van der Waals surface area contributed by atoms with E-state index in [1.165, 1.54) is 6.42 Å². The lowest BCUT2D eigenvalue weighted by molar-refractivity contribution is -0.134. The molecule has 1 rings (SSSR count). The summed E-state index contributed by atoms with van der Waals surface area (Å²) in [4.78, 5) is 24.0. The second kappa shape index (κ2) is 5.73. The zero-order valence-corrected chi connectivity index (χ0v) is 9.37. The van der Waals surface area contributed by atoms with Crippen molar-refractivity contribution in [1.29, 1.82) is 0 Å². The van der Waals surface area contributed by atoms with E-state index in [1.54, 1.807) is 4.90 Å². The molecule has 1 aliphatic rings. The fourth-order valence-electron chi connectivity index (χ4n) is 2.15. The van der Waals surface area contributed by atoms with Gasteiger partial charge in [0.05, 0.1) is 6.54 Å². The number of carbonyl (C=O) groups is 2. The lowest BCUT2D eigenvalue weighted by Crippen LogP contribution is -2.38. The highest BCUT2D eigenvalue weighted by molar-refractivity contribution is 5.83. The van der Waals surface area contributed by atoms with Crippen LogP contribution in [0.15, 0.2) is 0 Å². The van der Waals surface area contributed by atoms with Crippen LogP contribution in [0.1, 0.15) is 39.0 Å². The number of amides is 2. The van der Waals surface area contributed by atoms with Crippen LogP contribution in [0, 0.1) is 5.92 Å². The zero-order valence-electron chi connectivity index (χ0n) is 9.37. The summed E-state index contributed by atoms with van der Waals surface area (Å²) in [5, 5.41) is 0. The summed E-state index contributed by atoms with van der Waals surface area (Å²) in [7, 11) is 0. The zero-order chi connectivity index (χ0) is 11.3. The number of rotatable bonds is 4. The van der Waals surface area contributed by atoms with Gasteiger partial charge in [-0.25, -0.2) is 0 Å². The quantitative estimate of drug-likeness (QED) is 0.752. The van der Waals surface area contributed by atoms with Gasteiger partial charge in [-0.05, 0) is 18.8 Å². The maximum Gasteiger partial charge on any atom is 0.237 e. The van der Waals surface area contributed by atoms with E-state index in [0.29, 0.717) is 18.9 Å². The molecule has 0 aromatic carbocycles. The second-order valence-corrected chi connectivity index (χ2v) is 4.26. The van der Waals surface area contributed by atoms with Gasteiger partial charge in [-0.2, -0.15) is 0 Å². The molecule has 15 heavy (non-hydrogen) atoms. The molecule has 0 spiro atoms. The van der Waals surface area contributed by atoms with Gasteiger partial charge in [0.15, 0.2) is 0 Å².